The number of aliphatic hydroxyl groups excluding tert-OH is 5. The van der Waals surface area contributed by atoms with E-state index in [0.29, 0.717) is 12.2 Å². The Morgan fingerprint density at radius 1 is 1.00 bits per heavy atom. The average molecular weight is 476 g/mol. The summed E-state index contributed by atoms with van der Waals surface area (Å²) in [5.74, 6) is 0. The first-order valence-corrected chi connectivity index (χ1v) is 9.22. The highest BCUT2D eigenvalue weighted by Gasteiger charge is 2.47. The molecule has 0 aliphatic heterocycles. The summed E-state index contributed by atoms with van der Waals surface area (Å²) in [5, 5.41) is 60.0. The van der Waals surface area contributed by atoms with Gasteiger partial charge >= 0.3 is 0 Å². The van der Waals surface area contributed by atoms with Gasteiger partial charge in [-0.2, -0.15) is 0 Å². The average Bonchev–Trinajstić information content (AvgIpc) is 3.05. The van der Waals surface area contributed by atoms with Crippen molar-refractivity contribution in [3.8, 4) is 0 Å². The molecule has 1 fully saturated rings. The minimum absolute atomic E-state index is 0.167. The quantitative estimate of drug-likeness (QED) is 0.278. The van der Waals surface area contributed by atoms with Crippen LogP contribution in [0.25, 0.3) is 0 Å². The van der Waals surface area contributed by atoms with Crippen molar-refractivity contribution < 1.29 is 25.5 Å². The van der Waals surface area contributed by atoms with Crippen LogP contribution in [-0.2, 0) is 13.1 Å². The molecule has 9 nitrogen and oxygen atoms in total. The van der Waals surface area contributed by atoms with Crippen molar-refractivity contribution in [2.24, 2.45) is 0 Å². The Hall–Kier alpha value is -1.15. The Labute approximate surface area is 163 Å². The molecule has 1 heterocycles. The zero-order chi connectivity index (χ0) is 18.8. The van der Waals surface area contributed by atoms with Crippen molar-refractivity contribution in [2.75, 3.05) is 0 Å². The summed E-state index contributed by atoms with van der Waals surface area (Å²) < 4.78 is 2.80. The number of aromatic nitrogens is 3. The second kappa shape index (κ2) is 8.25. The van der Waals surface area contributed by atoms with Gasteiger partial charge in [0, 0.05) is 10.1 Å². The van der Waals surface area contributed by atoms with E-state index in [1.807, 2.05) is 24.3 Å². The normalized spacial score (nSPS) is 31.9. The van der Waals surface area contributed by atoms with Crippen molar-refractivity contribution in [1.29, 1.82) is 0 Å². The smallest absolute Gasteiger partial charge is 0.111 e. The molecule has 3 rings (SSSR count). The first kappa shape index (κ1) is 19.6. The number of nitrogens with zero attached hydrogens (tertiary/aromatic N) is 3. The predicted octanol–water partition coefficient (Wildman–Crippen LogP) is -1.79. The molecule has 1 saturated carbocycles. The Morgan fingerprint density at radius 3 is 2.31 bits per heavy atom. The molecule has 6 N–H and O–H groups in total. The zero-order valence-electron chi connectivity index (χ0n) is 13.7. The largest absolute Gasteiger partial charge is 0.389 e. The lowest BCUT2D eigenvalue weighted by Gasteiger charge is -2.42. The summed E-state index contributed by atoms with van der Waals surface area (Å²) in [6, 6.07) is 6.99. The Balaban J connectivity index is 1.61. The third kappa shape index (κ3) is 4.22. The van der Waals surface area contributed by atoms with E-state index in [9.17, 15) is 25.5 Å². The van der Waals surface area contributed by atoms with Gasteiger partial charge in [-0.05, 0) is 40.3 Å². The van der Waals surface area contributed by atoms with Crippen LogP contribution in [0, 0.1) is 3.57 Å². The third-order valence-electron chi connectivity index (χ3n) is 4.47. The highest BCUT2D eigenvalue weighted by atomic mass is 127. The van der Waals surface area contributed by atoms with Gasteiger partial charge in [0.05, 0.1) is 24.5 Å². The SMILES string of the molecule is OC1[C@@H](O)[C@H](O)C(NCc2cn(Cc3cccc(I)c3)nn2)[C@H](O)[C@H]1O. The van der Waals surface area contributed by atoms with Gasteiger partial charge in [-0.15, -0.1) is 5.10 Å². The fourth-order valence-electron chi connectivity index (χ4n) is 3.02. The van der Waals surface area contributed by atoms with E-state index in [-0.39, 0.29) is 6.54 Å². The van der Waals surface area contributed by atoms with Crippen LogP contribution in [0.15, 0.2) is 30.5 Å². The van der Waals surface area contributed by atoms with Gasteiger partial charge in [-0.1, -0.05) is 17.3 Å². The molecule has 10 heteroatoms. The summed E-state index contributed by atoms with van der Waals surface area (Å²) >= 11 is 2.24. The zero-order valence-corrected chi connectivity index (χ0v) is 15.9. The number of hydrogen-bond donors (Lipinski definition) is 6. The molecule has 0 bridgehead atoms. The number of benzene rings is 1. The van der Waals surface area contributed by atoms with E-state index >= 15 is 0 Å². The number of nitrogens with one attached hydrogen (secondary N) is 1. The van der Waals surface area contributed by atoms with E-state index in [1.165, 1.54) is 0 Å². The number of aliphatic hydroxyl groups is 5. The predicted molar refractivity (Wildman–Crippen MR) is 98.9 cm³/mol. The maximum absolute atomic E-state index is 10.0. The highest BCUT2D eigenvalue weighted by molar-refractivity contribution is 14.1. The molecule has 0 spiro atoms. The second-order valence-electron chi connectivity index (χ2n) is 6.40. The standard InChI is InChI=1S/C16H21IN4O5/c17-9-3-1-2-8(4-9)6-21-7-10(19-20-21)5-18-11-12(22)14(24)16(26)15(25)13(11)23/h1-4,7,11-16,18,22-26H,5-6H2/t11?,12-,13+,14+,15-,16?. The molecule has 2 aromatic rings. The monoisotopic (exact) mass is 476 g/mol. The van der Waals surface area contributed by atoms with Crippen LogP contribution in [0.2, 0.25) is 0 Å². The van der Waals surface area contributed by atoms with E-state index in [0.717, 1.165) is 9.13 Å². The number of rotatable bonds is 5. The van der Waals surface area contributed by atoms with Gasteiger partial charge in [0.1, 0.15) is 30.5 Å². The first-order chi connectivity index (χ1) is 12.4. The van der Waals surface area contributed by atoms with Crippen LogP contribution in [0.4, 0.5) is 0 Å². The Bertz CT molecular complexity index is 729. The molecule has 6 atom stereocenters. The van der Waals surface area contributed by atoms with E-state index < -0.39 is 36.6 Å². The molecule has 1 aliphatic carbocycles. The Morgan fingerprint density at radius 2 is 1.65 bits per heavy atom. The number of hydrogen-bond acceptors (Lipinski definition) is 8. The summed E-state index contributed by atoms with van der Waals surface area (Å²) in [6.45, 7) is 0.725. The van der Waals surface area contributed by atoms with Crippen molar-refractivity contribution in [3.05, 3.63) is 45.3 Å². The molecule has 142 valence electrons. The van der Waals surface area contributed by atoms with Crippen molar-refractivity contribution in [1.82, 2.24) is 20.3 Å². The topological polar surface area (TPSA) is 144 Å². The van der Waals surface area contributed by atoms with E-state index in [2.05, 4.69) is 38.2 Å². The van der Waals surface area contributed by atoms with Gasteiger partial charge < -0.3 is 30.8 Å². The van der Waals surface area contributed by atoms with Crippen LogP contribution < -0.4 is 5.32 Å². The fraction of sp³-hybridized carbons (Fsp3) is 0.500. The molecule has 0 saturated heterocycles. The molecule has 1 aliphatic rings. The molecular formula is C16H21IN4O5. The van der Waals surface area contributed by atoms with Crippen LogP contribution in [-0.4, -0.2) is 77.1 Å². The van der Waals surface area contributed by atoms with Crippen LogP contribution in [0.1, 0.15) is 11.3 Å². The molecular weight excluding hydrogens is 455 g/mol. The minimum atomic E-state index is -1.60. The minimum Gasteiger partial charge on any atom is -0.389 e. The molecule has 0 amide bonds. The Kier molecular flexibility index (Phi) is 6.22. The molecule has 0 radical (unpaired) electrons. The van der Waals surface area contributed by atoms with Crippen molar-refractivity contribution >= 4 is 22.6 Å². The second-order valence-corrected chi connectivity index (χ2v) is 7.64. The van der Waals surface area contributed by atoms with Gasteiger partial charge in [-0.3, -0.25) is 0 Å². The lowest BCUT2D eigenvalue weighted by atomic mass is 9.83. The maximum atomic E-state index is 10.0. The van der Waals surface area contributed by atoms with Gasteiger partial charge in [0.15, 0.2) is 0 Å². The third-order valence-corrected chi connectivity index (χ3v) is 5.15. The summed E-state index contributed by atoms with van der Waals surface area (Å²) in [6.07, 6.45) is -5.83. The molecule has 1 aromatic heterocycles. The van der Waals surface area contributed by atoms with Crippen LogP contribution >= 0.6 is 22.6 Å². The summed E-state index contributed by atoms with van der Waals surface area (Å²) in [4.78, 5) is 0. The maximum Gasteiger partial charge on any atom is 0.111 e. The van der Waals surface area contributed by atoms with E-state index in [1.54, 1.807) is 10.9 Å². The van der Waals surface area contributed by atoms with Gasteiger partial charge in [-0.25, -0.2) is 4.68 Å². The summed E-state index contributed by atoms with van der Waals surface area (Å²) in [7, 11) is 0. The van der Waals surface area contributed by atoms with Crippen LogP contribution in [0.5, 0.6) is 0 Å². The van der Waals surface area contributed by atoms with Crippen molar-refractivity contribution in [2.45, 2.75) is 49.7 Å². The van der Waals surface area contributed by atoms with Gasteiger partial charge in [0.25, 0.3) is 0 Å². The molecule has 2 unspecified atom stereocenters. The first-order valence-electron chi connectivity index (χ1n) is 8.14. The summed E-state index contributed by atoms with van der Waals surface area (Å²) in [5.41, 5.74) is 1.66. The molecule has 1 aromatic carbocycles. The molecule has 26 heavy (non-hydrogen) atoms. The number of halogens is 1. The lowest BCUT2D eigenvalue weighted by molar-refractivity contribution is -0.190. The lowest BCUT2D eigenvalue weighted by Crippen LogP contribution is -2.67. The van der Waals surface area contributed by atoms with Crippen molar-refractivity contribution in [3.63, 3.8) is 0 Å². The van der Waals surface area contributed by atoms with E-state index in [4.69, 9.17) is 0 Å². The fourth-order valence-corrected chi connectivity index (χ4v) is 3.62. The van der Waals surface area contributed by atoms with Crippen LogP contribution in [0.3, 0.4) is 0 Å². The highest BCUT2D eigenvalue weighted by Crippen LogP contribution is 2.21. The van der Waals surface area contributed by atoms with Gasteiger partial charge in [0.2, 0.25) is 0 Å².